The zero-order chi connectivity index (χ0) is 33.8. The molecule has 1 saturated heterocycles. The molecule has 9 heteroatoms. The molecule has 48 heavy (non-hydrogen) atoms. The van der Waals surface area contributed by atoms with E-state index in [9.17, 15) is 23.9 Å². The van der Waals surface area contributed by atoms with Crippen molar-refractivity contribution in [2.75, 3.05) is 13.1 Å². The number of phenols is 1. The van der Waals surface area contributed by atoms with Crippen molar-refractivity contribution in [1.82, 2.24) is 4.90 Å². The number of hydrogen-bond acceptors (Lipinski definition) is 6. The Balaban J connectivity index is 0.000000211. The summed E-state index contributed by atoms with van der Waals surface area (Å²) in [5.41, 5.74) is 4.09. The van der Waals surface area contributed by atoms with Crippen LogP contribution in [0.5, 0.6) is 5.75 Å². The molecular weight excluding hydrogens is 724 g/mol. The van der Waals surface area contributed by atoms with E-state index in [1.165, 1.54) is 12.1 Å². The largest absolute Gasteiger partial charge is 0.507 e. The molecule has 1 fully saturated rings. The van der Waals surface area contributed by atoms with E-state index in [2.05, 4.69) is 0 Å². The number of likely N-dealkylation sites (tertiary alicyclic amines) is 1. The second-order valence-corrected chi connectivity index (χ2v) is 12.6. The monoisotopic (exact) mass is 753 g/mol. The maximum atomic E-state index is 14.8. The number of carboxylic acids is 1. The molecule has 7 nitrogen and oxygen atoms in total. The van der Waals surface area contributed by atoms with Gasteiger partial charge in [0.25, 0.3) is 0 Å². The Kier molecular flexibility index (Phi) is 9.79. The molecular formula is C39H29FINO6. The van der Waals surface area contributed by atoms with Gasteiger partial charge in [-0.25, -0.2) is 4.39 Å². The van der Waals surface area contributed by atoms with Crippen LogP contribution < -0.4 is 0 Å². The van der Waals surface area contributed by atoms with Gasteiger partial charge in [0.05, 0.1) is 15.1 Å². The Hall–Kier alpha value is -5.13. The third kappa shape index (κ3) is 7.37. The van der Waals surface area contributed by atoms with Gasteiger partial charge in [0.1, 0.15) is 22.9 Å². The quantitative estimate of drug-likeness (QED) is 0.119. The number of aromatic hydroxyl groups is 1. The maximum Gasteiger partial charge on any atom is 0.309 e. The summed E-state index contributed by atoms with van der Waals surface area (Å²) in [6.45, 7) is 1.46. The Morgan fingerprint density at radius 2 is 1.35 bits per heavy atom. The topological polar surface area (TPSA) is 108 Å². The summed E-state index contributed by atoms with van der Waals surface area (Å²) >= 11 is 2.00. The van der Waals surface area contributed by atoms with Crippen LogP contribution >= 0.6 is 22.6 Å². The Morgan fingerprint density at radius 1 is 0.750 bits per heavy atom. The van der Waals surface area contributed by atoms with Crippen LogP contribution in [0.4, 0.5) is 4.39 Å². The Bertz CT molecular complexity index is 2120. The lowest BCUT2D eigenvalue weighted by molar-refractivity contribution is -0.147. The third-order valence-electron chi connectivity index (χ3n) is 8.07. The molecule has 0 amide bonds. The second-order valence-electron chi connectivity index (χ2n) is 11.5. The van der Waals surface area contributed by atoms with Crippen molar-refractivity contribution in [3.05, 3.63) is 159 Å². The minimum atomic E-state index is -0.790. The third-order valence-corrected chi connectivity index (χ3v) is 8.94. The molecule has 1 aliphatic rings. The number of benzene rings is 5. The number of phenolic OH excluding ortho intramolecular Hbond substituents is 1. The van der Waals surface area contributed by atoms with Gasteiger partial charge in [0.15, 0.2) is 11.6 Å². The summed E-state index contributed by atoms with van der Waals surface area (Å²) in [4.78, 5) is 37.6. The Labute approximate surface area is 289 Å². The highest BCUT2D eigenvalue weighted by Gasteiger charge is 2.32. The number of fused-ring (bicyclic) bond motifs is 1. The van der Waals surface area contributed by atoms with Crippen molar-refractivity contribution in [3.63, 3.8) is 0 Å². The van der Waals surface area contributed by atoms with E-state index in [4.69, 9.17) is 9.52 Å². The highest BCUT2D eigenvalue weighted by molar-refractivity contribution is 14.1. The Morgan fingerprint density at radius 3 is 1.94 bits per heavy atom. The van der Waals surface area contributed by atoms with Crippen LogP contribution in [0.3, 0.4) is 0 Å². The predicted molar refractivity (Wildman–Crippen MR) is 189 cm³/mol. The molecule has 240 valence electrons. The first-order valence-electron chi connectivity index (χ1n) is 15.1. The van der Waals surface area contributed by atoms with E-state index >= 15 is 0 Å². The van der Waals surface area contributed by atoms with E-state index in [-0.39, 0.29) is 23.2 Å². The van der Waals surface area contributed by atoms with Crippen LogP contribution in [0.1, 0.15) is 37.4 Å². The number of hydrogen-bond donors (Lipinski definition) is 2. The van der Waals surface area contributed by atoms with Crippen molar-refractivity contribution in [2.45, 2.75) is 6.54 Å². The van der Waals surface area contributed by atoms with Gasteiger partial charge in [-0.15, -0.1) is 0 Å². The van der Waals surface area contributed by atoms with E-state index in [0.29, 0.717) is 62.4 Å². The predicted octanol–water partition coefficient (Wildman–Crippen LogP) is 8.21. The van der Waals surface area contributed by atoms with Crippen LogP contribution in [-0.4, -0.2) is 45.7 Å². The zero-order valence-electron chi connectivity index (χ0n) is 25.5. The molecule has 2 heterocycles. The highest BCUT2D eigenvalue weighted by atomic mass is 127. The summed E-state index contributed by atoms with van der Waals surface area (Å²) in [7, 11) is 0. The minimum absolute atomic E-state index is 0.0292. The first-order chi connectivity index (χ1) is 23.2. The number of ketones is 2. The molecule has 0 atom stereocenters. The van der Waals surface area contributed by atoms with Crippen LogP contribution in [0.15, 0.2) is 126 Å². The fraction of sp³-hybridized carbons (Fsp3) is 0.103. The number of furan rings is 1. The maximum absolute atomic E-state index is 14.8. The number of halogens is 2. The van der Waals surface area contributed by atoms with E-state index in [1.807, 2.05) is 70.0 Å². The first kappa shape index (κ1) is 32.8. The van der Waals surface area contributed by atoms with Gasteiger partial charge >= 0.3 is 5.97 Å². The molecule has 0 bridgehead atoms. The molecule has 0 aliphatic carbocycles. The smallest absolute Gasteiger partial charge is 0.309 e. The molecule has 7 rings (SSSR count). The standard InChI is InChI=1S/C26H20FNO4.C13H9IO2/c27-22-10-16(13-28-14-20(15-28)26(30)31)6-8-21(22)24-12-19-11-18(7-9-23(19)32-24)25(29)17-4-2-1-3-5-17;14-11-8-10(6-7-12(11)15)13(16)9-4-2-1-3-5-9/h1-12,20H,13-15H2,(H,30,31);1-8,15H. The van der Waals surface area contributed by atoms with E-state index in [1.54, 1.807) is 66.7 Å². The first-order valence-corrected chi connectivity index (χ1v) is 16.2. The summed E-state index contributed by atoms with van der Waals surface area (Å²) < 4.78 is 21.4. The molecule has 0 saturated carbocycles. The fourth-order valence-electron chi connectivity index (χ4n) is 5.45. The summed E-state index contributed by atoms with van der Waals surface area (Å²) in [5.74, 6) is -1.05. The second kappa shape index (κ2) is 14.3. The average Bonchev–Trinajstić information content (AvgIpc) is 3.51. The summed E-state index contributed by atoms with van der Waals surface area (Å²) in [6, 6.07) is 34.9. The lowest BCUT2D eigenvalue weighted by Gasteiger charge is -2.36. The van der Waals surface area contributed by atoms with Gasteiger partial charge in [-0.1, -0.05) is 66.7 Å². The molecule has 0 unspecified atom stereocenters. The van der Waals surface area contributed by atoms with Crippen LogP contribution in [0.2, 0.25) is 0 Å². The van der Waals surface area contributed by atoms with E-state index < -0.39 is 11.8 Å². The van der Waals surface area contributed by atoms with Gasteiger partial charge in [-0.2, -0.15) is 0 Å². The number of rotatable bonds is 8. The number of carboxylic acid groups (broad SMARTS) is 1. The van der Waals surface area contributed by atoms with Gasteiger partial charge in [0, 0.05) is 47.3 Å². The molecule has 1 aliphatic heterocycles. The molecule has 6 aromatic rings. The van der Waals surface area contributed by atoms with Crippen LogP contribution in [0, 0.1) is 15.3 Å². The summed E-state index contributed by atoms with van der Waals surface area (Å²) in [5, 5.41) is 19.1. The number of nitrogens with zero attached hydrogens (tertiary/aromatic N) is 1. The van der Waals surface area contributed by atoms with Gasteiger partial charge < -0.3 is 14.6 Å². The van der Waals surface area contributed by atoms with E-state index in [0.717, 1.165) is 10.9 Å². The number of carbonyl (C=O) groups excluding carboxylic acids is 2. The normalized spacial score (nSPS) is 13.0. The lowest BCUT2D eigenvalue weighted by Crippen LogP contribution is -2.49. The lowest BCUT2D eigenvalue weighted by atomic mass is 9.99. The van der Waals surface area contributed by atoms with Crippen molar-refractivity contribution in [3.8, 4) is 17.1 Å². The fourth-order valence-corrected chi connectivity index (χ4v) is 5.96. The average molecular weight is 754 g/mol. The van der Waals surface area contributed by atoms with Gasteiger partial charge in [-0.05, 0) is 82.8 Å². The number of carbonyl (C=O) groups is 3. The van der Waals surface area contributed by atoms with Crippen molar-refractivity contribution in [1.29, 1.82) is 0 Å². The van der Waals surface area contributed by atoms with Crippen molar-refractivity contribution < 1.29 is 33.4 Å². The SMILES string of the molecule is O=C(c1ccccc1)c1ccc(O)c(I)c1.O=C(c1ccccc1)c1ccc2oc(-c3ccc(CN4CC(C(=O)O)C4)cc3F)cc2c1. The highest BCUT2D eigenvalue weighted by Crippen LogP contribution is 2.32. The van der Waals surface area contributed by atoms with Crippen molar-refractivity contribution >= 4 is 51.1 Å². The summed E-state index contributed by atoms with van der Waals surface area (Å²) in [6.07, 6.45) is 0. The molecule has 2 N–H and O–H groups in total. The zero-order valence-corrected chi connectivity index (χ0v) is 27.6. The minimum Gasteiger partial charge on any atom is -0.507 e. The molecule has 0 radical (unpaired) electrons. The molecule has 0 spiro atoms. The molecule has 1 aromatic heterocycles. The van der Waals surface area contributed by atoms with Crippen molar-refractivity contribution in [2.24, 2.45) is 5.92 Å². The van der Waals surface area contributed by atoms with Crippen LogP contribution in [0.25, 0.3) is 22.3 Å². The van der Waals surface area contributed by atoms with Crippen LogP contribution in [-0.2, 0) is 11.3 Å². The molecule has 5 aromatic carbocycles. The van der Waals surface area contributed by atoms with Gasteiger partial charge in [-0.3, -0.25) is 19.3 Å². The number of aliphatic carboxylic acids is 1. The van der Waals surface area contributed by atoms with Gasteiger partial charge in [0.2, 0.25) is 0 Å².